The fourth-order valence-electron chi connectivity index (χ4n) is 1.77. The molecule has 0 aliphatic heterocycles. The van der Waals surface area contributed by atoms with Crippen LogP contribution in [0.25, 0.3) is 11.5 Å². The van der Waals surface area contributed by atoms with Gasteiger partial charge in [0.2, 0.25) is 0 Å². The predicted octanol–water partition coefficient (Wildman–Crippen LogP) is 3.01. The van der Waals surface area contributed by atoms with Gasteiger partial charge in [0.1, 0.15) is 10.8 Å². The van der Waals surface area contributed by atoms with Gasteiger partial charge in [0.25, 0.3) is 0 Å². The van der Waals surface area contributed by atoms with Crippen LogP contribution in [0, 0.1) is 3.57 Å². The van der Waals surface area contributed by atoms with Crippen molar-refractivity contribution >= 4 is 34.2 Å². The number of nitrogens with zero attached hydrogens (tertiary/aromatic N) is 4. The van der Waals surface area contributed by atoms with E-state index in [2.05, 4.69) is 37.7 Å². The molecule has 2 aromatic rings. The van der Waals surface area contributed by atoms with Crippen LogP contribution >= 0.6 is 34.2 Å². The van der Waals surface area contributed by atoms with Gasteiger partial charge in [-0.3, -0.25) is 4.68 Å². The van der Waals surface area contributed by atoms with Crippen LogP contribution in [-0.2, 0) is 7.05 Å². The minimum atomic E-state index is 0.540. The van der Waals surface area contributed by atoms with Crippen molar-refractivity contribution in [2.75, 3.05) is 0 Å². The maximum atomic E-state index is 6.17. The molecule has 0 amide bonds. The van der Waals surface area contributed by atoms with Gasteiger partial charge in [0.05, 0.1) is 9.26 Å². The summed E-state index contributed by atoms with van der Waals surface area (Å²) >= 11 is 8.40. The minimum absolute atomic E-state index is 0.540. The van der Waals surface area contributed by atoms with Gasteiger partial charge >= 0.3 is 0 Å². The Hall–Kier alpha value is -0.690. The summed E-state index contributed by atoms with van der Waals surface area (Å²) in [6.45, 7) is 0. The Bertz CT molecular complexity index is 577. The third kappa shape index (κ3) is 2.06. The van der Waals surface area contributed by atoms with Crippen molar-refractivity contribution < 1.29 is 0 Å². The van der Waals surface area contributed by atoms with E-state index in [0.717, 1.165) is 15.0 Å². The van der Waals surface area contributed by atoms with E-state index in [1.807, 2.05) is 13.1 Å². The molecule has 0 bridgehead atoms. The van der Waals surface area contributed by atoms with Crippen LogP contribution in [0.5, 0.6) is 0 Å². The molecular weight excluding hydrogens is 351 g/mol. The van der Waals surface area contributed by atoms with Crippen molar-refractivity contribution in [2.24, 2.45) is 7.05 Å². The molecule has 0 atom stereocenters. The van der Waals surface area contributed by atoms with E-state index in [0.29, 0.717) is 16.9 Å². The normalized spacial score (nSPS) is 15.2. The highest BCUT2D eigenvalue weighted by molar-refractivity contribution is 14.1. The fraction of sp³-hybridized carbons (Fsp3) is 0.364. The largest absolute Gasteiger partial charge is 0.265 e. The van der Waals surface area contributed by atoms with E-state index >= 15 is 0 Å². The quantitative estimate of drug-likeness (QED) is 0.611. The molecule has 4 nitrogen and oxygen atoms in total. The van der Waals surface area contributed by atoms with Crippen LogP contribution in [0.2, 0.25) is 5.15 Å². The highest BCUT2D eigenvalue weighted by Crippen LogP contribution is 2.42. The highest BCUT2D eigenvalue weighted by Gasteiger charge is 2.29. The van der Waals surface area contributed by atoms with Crippen LogP contribution in [0.4, 0.5) is 0 Å². The number of hydrogen-bond donors (Lipinski definition) is 0. The topological polar surface area (TPSA) is 43.6 Å². The Kier molecular flexibility index (Phi) is 2.82. The molecular formula is C11H10ClIN4. The lowest BCUT2D eigenvalue weighted by Crippen LogP contribution is -2.02. The molecule has 1 fully saturated rings. The molecule has 0 spiro atoms. The summed E-state index contributed by atoms with van der Waals surface area (Å²) in [6, 6.07) is 1.90. The van der Waals surface area contributed by atoms with Gasteiger partial charge in [-0.15, -0.1) is 0 Å². The minimum Gasteiger partial charge on any atom is -0.265 e. The average Bonchev–Trinajstić information content (AvgIpc) is 3.05. The molecule has 3 rings (SSSR count). The number of hydrogen-bond acceptors (Lipinski definition) is 3. The van der Waals surface area contributed by atoms with E-state index in [9.17, 15) is 0 Å². The number of aromatic nitrogens is 4. The van der Waals surface area contributed by atoms with Crippen LogP contribution in [0.15, 0.2) is 12.3 Å². The Balaban J connectivity index is 2.15. The van der Waals surface area contributed by atoms with Gasteiger partial charge < -0.3 is 0 Å². The zero-order valence-electron chi connectivity index (χ0n) is 9.19. The molecule has 0 aromatic carbocycles. The summed E-state index contributed by atoms with van der Waals surface area (Å²) in [4.78, 5) is 8.97. The summed E-state index contributed by atoms with van der Waals surface area (Å²) < 4.78 is 2.74. The summed E-state index contributed by atoms with van der Waals surface area (Å²) in [5.41, 5.74) is 1.98. The maximum Gasteiger partial charge on any atom is 0.179 e. The Morgan fingerprint density at radius 1 is 1.41 bits per heavy atom. The van der Waals surface area contributed by atoms with Crippen molar-refractivity contribution in [2.45, 2.75) is 18.8 Å². The second-order valence-corrected chi connectivity index (χ2v) is 5.59. The number of aryl methyl sites for hydroxylation is 1. The molecule has 17 heavy (non-hydrogen) atoms. The van der Waals surface area contributed by atoms with Gasteiger partial charge in [0.15, 0.2) is 5.82 Å². The molecule has 1 aliphatic carbocycles. The molecule has 6 heteroatoms. The molecule has 0 radical (unpaired) electrons. The standard InChI is InChI=1S/C11H10ClIN4/c1-17-7(4-5-14-17)11-15-9(6-2-3-6)8(13)10(12)16-11/h4-6H,2-3H2,1H3. The van der Waals surface area contributed by atoms with Crippen molar-refractivity contribution in [3.05, 3.63) is 26.7 Å². The van der Waals surface area contributed by atoms with Crippen molar-refractivity contribution in [3.63, 3.8) is 0 Å². The lowest BCUT2D eigenvalue weighted by Gasteiger charge is -2.07. The molecule has 0 N–H and O–H groups in total. The van der Waals surface area contributed by atoms with Crippen molar-refractivity contribution in [1.29, 1.82) is 0 Å². The zero-order valence-corrected chi connectivity index (χ0v) is 12.1. The van der Waals surface area contributed by atoms with Gasteiger partial charge in [-0.05, 0) is 41.5 Å². The molecule has 1 aliphatic rings. The van der Waals surface area contributed by atoms with Gasteiger partial charge in [-0.25, -0.2) is 9.97 Å². The lowest BCUT2D eigenvalue weighted by atomic mass is 10.2. The summed E-state index contributed by atoms with van der Waals surface area (Å²) in [7, 11) is 1.88. The van der Waals surface area contributed by atoms with Crippen molar-refractivity contribution in [1.82, 2.24) is 19.7 Å². The van der Waals surface area contributed by atoms with E-state index in [1.165, 1.54) is 12.8 Å². The summed E-state index contributed by atoms with van der Waals surface area (Å²) in [6.07, 6.45) is 4.14. The van der Waals surface area contributed by atoms with E-state index in [-0.39, 0.29) is 0 Å². The van der Waals surface area contributed by atoms with Crippen LogP contribution in [0.3, 0.4) is 0 Å². The Morgan fingerprint density at radius 3 is 2.76 bits per heavy atom. The van der Waals surface area contributed by atoms with E-state index in [4.69, 9.17) is 11.6 Å². The second kappa shape index (κ2) is 4.20. The Morgan fingerprint density at radius 2 is 2.18 bits per heavy atom. The third-order valence-corrected chi connectivity index (χ3v) is 4.51. The first-order chi connectivity index (χ1) is 8.16. The van der Waals surface area contributed by atoms with Gasteiger partial charge in [-0.1, -0.05) is 11.6 Å². The van der Waals surface area contributed by atoms with E-state index < -0.39 is 0 Å². The second-order valence-electron chi connectivity index (χ2n) is 4.15. The molecule has 88 valence electrons. The van der Waals surface area contributed by atoms with Crippen LogP contribution in [-0.4, -0.2) is 19.7 Å². The first-order valence-electron chi connectivity index (χ1n) is 5.38. The lowest BCUT2D eigenvalue weighted by molar-refractivity contribution is 0.768. The molecule has 0 saturated heterocycles. The molecule has 0 unspecified atom stereocenters. The van der Waals surface area contributed by atoms with Gasteiger partial charge in [0, 0.05) is 19.2 Å². The first-order valence-corrected chi connectivity index (χ1v) is 6.84. The highest BCUT2D eigenvalue weighted by atomic mass is 127. The predicted molar refractivity (Wildman–Crippen MR) is 73.9 cm³/mol. The van der Waals surface area contributed by atoms with Crippen LogP contribution in [0.1, 0.15) is 24.5 Å². The van der Waals surface area contributed by atoms with Gasteiger partial charge in [-0.2, -0.15) is 5.10 Å². The SMILES string of the molecule is Cn1nccc1-c1nc(Cl)c(I)c(C2CC2)n1. The summed E-state index contributed by atoms with van der Waals surface area (Å²) in [5, 5.41) is 4.67. The number of rotatable bonds is 2. The monoisotopic (exact) mass is 360 g/mol. The van der Waals surface area contributed by atoms with E-state index in [1.54, 1.807) is 10.9 Å². The first kappa shape index (κ1) is 11.4. The average molecular weight is 361 g/mol. The van der Waals surface area contributed by atoms with Crippen LogP contribution < -0.4 is 0 Å². The maximum absolute atomic E-state index is 6.17. The summed E-state index contributed by atoms with van der Waals surface area (Å²) in [5.74, 6) is 1.23. The smallest absolute Gasteiger partial charge is 0.179 e. The molecule has 2 aromatic heterocycles. The van der Waals surface area contributed by atoms with Crippen molar-refractivity contribution in [3.8, 4) is 11.5 Å². The zero-order chi connectivity index (χ0) is 12.0. The fourth-order valence-corrected chi connectivity index (χ4v) is 2.63. The molecule has 1 saturated carbocycles. The number of halogens is 2. The Labute approximate surface area is 118 Å². The molecule has 2 heterocycles. The third-order valence-electron chi connectivity index (χ3n) is 2.85.